The van der Waals surface area contributed by atoms with Crippen LogP contribution < -0.4 is 10.2 Å². The summed E-state index contributed by atoms with van der Waals surface area (Å²) in [6.07, 6.45) is 6.63. The summed E-state index contributed by atoms with van der Waals surface area (Å²) in [5.74, 6) is -0.903. The van der Waals surface area contributed by atoms with Crippen LogP contribution in [0.3, 0.4) is 0 Å². The van der Waals surface area contributed by atoms with Crippen molar-refractivity contribution in [1.82, 2.24) is 14.5 Å². The lowest BCUT2D eigenvalue weighted by Gasteiger charge is -2.17. The number of imidazole rings is 1. The zero-order valence-corrected chi connectivity index (χ0v) is 15.2. The Bertz CT molecular complexity index is 1020. The van der Waals surface area contributed by atoms with Gasteiger partial charge in [0.15, 0.2) is 0 Å². The molecule has 3 heterocycles. The molecule has 0 spiro atoms. The fourth-order valence-electron chi connectivity index (χ4n) is 3.20. The number of carbonyl (C=O) groups excluding carboxylic acids is 2. The third-order valence-electron chi connectivity index (χ3n) is 4.67. The van der Waals surface area contributed by atoms with E-state index < -0.39 is 11.7 Å². The van der Waals surface area contributed by atoms with Gasteiger partial charge in [-0.25, -0.2) is 14.4 Å². The highest BCUT2D eigenvalue weighted by molar-refractivity contribution is 6.03. The number of amides is 2. The van der Waals surface area contributed by atoms with E-state index in [9.17, 15) is 14.0 Å². The zero-order valence-electron chi connectivity index (χ0n) is 15.2. The van der Waals surface area contributed by atoms with Crippen LogP contribution in [0.15, 0.2) is 55.2 Å². The predicted molar refractivity (Wildman–Crippen MR) is 102 cm³/mol. The van der Waals surface area contributed by atoms with Crippen LogP contribution in [0.1, 0.15) is 12.0 Å². The Kier molecular flexibility index (Phi) is 4.60. The molecule has 8 heteroatoms. The van der Waals surface area contributed by atoms with Crippen LogP contribution in [0.2, 0.25) is 0 Å². The topological polar surface area (TPSA) is 80.1 Å². The van der Waals surface area contributed by atoms with Crippen molar-refractivity contribution in [2.24, 2.45) is 5.92 Å². The standard InChI is InChI=1S/C20H18FN5O2/c1-13-2-4-17(16(21)8-13)26-11-14(9-19(26)27)20(28)24-15-3-5-18(23-10-15)25-7-6-22-12-25/h2-8,10,12,14H,9,11H2,1H3,(H,24,28). The molecular formula is C20H18FN5O2. The number of carbonyl (C=O) groups is 2. The molecule has 1 aliphatic heterocycles. The van der Waals surface area contributed by atoms with Gasteiger partial charge in [0.05, 0.1) is 23.5 Å². The number of benzene rings is 1. The normalized spacial score (nSPS) is 16.4. The lowest BCUT2D eigenvalue weighted by molar-refractivity contribution is -0.122. The van der Waals surface area contributed by atoms with Gasteiger partial charge in [-0.2, -0.15) is 0 Å². The van der Waals surface area contributed by atoms with E-state index in [0.717, 1.165) is 5.56 Å². The molecule has 1 N–H and O–H groups in total. The summed E-state index contributed by atoms with van der Waals surface area (Å²) in [4.78, 5) is 34.5. The number of halogens is 1. The molecule has 1 unspecified atom stereocenters. The summed E-state index contributed by atoms with van der Waals surface area (Å²) in [6.45, 7) is 1.92. The maximum absolute atomic E-state index is 14.2. The van der Waals surface area contributed by atoms with Gasteiger partial charge in [0.2, 0.25) is 11.8 Å². The Balaban J connectivity index is 1.43. The Morgan fingerprint density at radius 2 is 2.14 bits per heavy atom. The summed E-state index contributed by atoms with van der Waals surface area (Å²) >= 11 is 0. The largest absolute Gasteiger partial charge is 0.324 e. The minimum atomic E-state index is -0.554. The number of anilines is 2. The third-order valence-corrected chi connectivity index (χ3v) is 4.67. The summed E-state index contributed by atoms with van der Waals surface area (Å²) in [5, 5.41) is 2.77. The van der Waals surface area contributed by atoms with Crippen LogP contribution in [0.4, 0.5) is 15.8 Å². The van der Waals surface area contributed by atoms with Crippen molar-refractivity contribution in [3.05, 3.63) is 66.6 Å². The van der Waals surface area contributed by atoms with Crippen LogP contribution in [0, 0.1) is 18.7 Å². The number of aryl methyl sites for hydroxylation is 1. The molecule has 0 aliphatic carbocycles. The first-order chi connectivity index (χ1) is 13.5. The van der Waals surface area contributed by atoms with Crippen LogP contribution in [-0.4, -0.2) is 32.9 Å². The van der Waals surface area contributed by atoms with Crippen molar-refractivity contribution < 1.29 is 14.0 Å². The minimum Gasteiger partial charge on any atom is -0.324 e. The van der Waals surface area contributed by atoms with E-state index in [1.807, 2.05) is 0 Å². The molecule has 2 aromatic heterocycles. The summed E-state index contributed by atoms with van der Waals surface area (Å²) < 4.78 is 15.9. The van der Waals surface area contributed by atoms with Crippen molar-refractivity contribution in [3.63, 3.8) is 0 Å². The Morgan fingerprint density at radius 3 is 2.82 bits per heavy atom. The van der Waals surface area contributed by atoms with Crippen molar-refractivity contribution in [2.75, 3.05) is 16.8 Å². The van der Waals surface area contributed by atoms with Gasteiger partial charge in [0.25, 0.3) is 0 Å². The van der Waals surface area contributed by atoms with Crippen LogP contribution in [0.5, 0.6) is 0 Å². The highest BCUT2D eigenvalue weighted by atomic mass is 19.1. The molecule has 1 aliphatic rings. The van der Waals surface area contributed by atoms with Crippen molar-refractivity contribution in [3.8, 4) is 5.82 Å². The van der Waals surface area contributed by atoms with E-state index in [1.165, 1.54) is 11.0 Å². The molecule has 28 heavy (non-hydrogen) atoms. The Hall–Kier alpha value is -3.55. The molecule has 4 rings (SSSR count). The molecule has 1 fully saturated rings. The number of hydrogen-bond acceptors (Lipinski definition) is 4. The highest BCUT2D eigenvalue weighted by Crippen LogP contribution is 2.28. The summed E-state index contributed by atoms with van der Waals surface area (Å²) in [6, 6.07) is 8.18. The Morgan fingerprint density at radius 1 is 1.29 bits per heavy atom. The third kappa shape index (κ3) is 3.48. The van der Waals surface area contributed by atoms with E-state index in [4.69, 9.17) is 0 Å². The number of nitrogens with zero attached hydrogens (tertiary/aromatic N) is 4. The van der Waals surface area contributed by atoms with Crippen LogP contribution in [-0.2, 0) is 9.59 Å². The second-order valence-electron chi connectivity index (χ2n) is 6.72. The summed E-state index contributed by atoms with van der Waals surface area (Å²) in [7, 11) is 0. The molecule has 1 aromatic carbocycles. The van der Waals surface area contributed by atoms with Gasteiger partial charge in [-0.1, -0.05) is 6.07 Å². The molecule has 0 bridgehead atoms. The fourth-order valence-corrected chi connectivity index (χ4v) is 3.20. The summed E-state index contributed by atoms with van der Waals surface area (Å²) in [5.41, 5.74) is 1.51. The minimum absolute atomic E-state index is 0.0414. The average Bonchev–Trinajstić information content (AvgIpc) is 3.33. The van der Waals surface area contributed by atoms with Gasteiger partial charge in [-0.15, -0.1) is 0 Å². The number of nitrogens with one attached hydrogen (secondary N) is 1. The maximum atomic E-state index is 14.2. The maximum Gasteiger partial charge on any atom is 0.229 e. The van der Waals surface area contributed by atoms with Gasteiger partial charge >= 0.3 is 0 Å². The highest BCUT2D eigenvalue weighted by Gasteiger charge is 2.36. The molecule has 0 saturated carbocycles. The molecule has 1 atom stereocenters. The molecule has 7 nitrogen and oxygen atoms in total. The van der Waals surface area contributed by atoms with Gasteiger partial charge in [0, 0.05) is 25.4 Å². The van der Waals surface area contributed by atoms with E-state index >= 15 is 0 Å². The first-order valence-corrected chi connectivity index (χ1v) is 8.83. The monoisotopic (exact) mass is 379 g/mol. The molecule has 2 amide bonds. The fraction of sp³-hybridized carbons (Fsp3) is 0.200. The molecule has 3 aromatic rings. The second kappa shape index (κ2) is 7.22. The van der Waals surface area contributed by atoms with Gasteiger partial charge in [0.1, 0.15) is 18.0 Å². The van der Waals surface area contributed by atoms with Gasteiger partial charge in [-0.05, 0) is 36.8 Å². The van der Waals surface area contributed by atoms with Crippen molar-refractivity contribution in [1.29, 1.82) is 0 Å². The van der Waals surface area contributed by atoms with E-state index in [1.54, 1.807) is 60.7 Å². The Labute approximate surface area is 160 Å². The smallest absolute Gasteiger partial charge is 0.229 e. The number of rotatable bonds is 4. The van der Waals surface area contributed by atoms with Crippen LogP contribution in [0.25, 0.3) is 5.82 Å². The van der Waals surface area contributed by atoms with Gasteiger partial charge < -0.3 is 10.2 Å². The van der Waals surface area contributed by atoms with E-state index in [2.05, 4.69) is 15.3 Å². The SMILES string of the molecule is Cc1ccc(N2CC(C(=O)Nc3ccc(-n4ccnc4)nc3)CC2=O)c(F)c1. The first-order valence-electron chi connectivity index (χ1n) is 8.83. The molecule has 1 saturated heterocycles. The predicted octanol–water partition coefficient (Wildman–Crippen LogP) is 2.71. The number of hydrogen-bond donors (Lipinski definition) is 1. The second-order valence-corrected chi connectivity index (χ2v) is 6.72. The number of pyridine rings is 1. The van der Waals surface area contributed by atoms with Crippen molar-refractivity contribution >= 4 is 23.2 Å². The lowest BCUT2D eigenvalue weighted by atomic mass is 10.1. The van der Waals surface area contributed by atoms with Gasteiger partial charge in [-0.3, -0.25) is 14.2 Å². The van der Waals surface area contributed by atoms with Crippen molar-refractivity contribution in [2.45, 2.75) is 13.3 Å². The van der Waals surface area contributed by atoms with E-state index in [0.29, 0.717) is 11.5 Å². The first kappa shape index (κ1) is 17.8. The van der Waals surface area contributed by atoms with Crippen LogP contribution >= 0.6 is 0 Å². The number of aromatic nitrogens is 3. The average molecular weight is 379 g/mol. The quantitative estimate of drug-likeness (QED) is 0.756. The molecular weight excluding hydrogens is 361 g/mol. The lowest BCUT2D eigenvalue weighted by Crippen LogP contribution is -2.28. The molecule has 142 valence electrons. The molecule has 0 radical (unpaired) electrons. The zero-order chi connectivity index (χ0) is 19.7. The van der Waals surface area contributed by atoms with E-state index in [-0.39, 0.29) is 30.5 Å².